The van der Waals surface area contributed by atoms with Crippen LogP contribution in [-0.2, 0) is 13.6 Å². The van der Waals surface area contributed by atoms with Gasteiger partial charge in [-0.1, -0.05) is 290 Å². The lowest BCUT2D eigenvalue weighted by Crippen LogP contribution is -1.99. The summed E-state index contributed by atoms with van der Waals surface area (Å²) in [6.45, 7) is 5.00. The van der Waals surface area contributed by atoms with Crippen LogP contribution in [0.25, 0.3) is 0 Å². The van der Waals surface area contributed by atoms with Crippen LogP contribution in [0.4, 0.5) is 0 Å². The first-order valence-corrected chi connectivity index (χ1v) is 29.4. The molecule has 0 rings (SSSR count). The average molecular weight is 829 g/mol. The Kier molecular flexibility index (Phi) is 50.3. The molecule has 0 aliphatic heterocycles. The van der Waals surface area contributed by atoms with Crippen molar-refractivity contribution in [1.82, 2.24) is 0 Å². The summed E-state index contributed by atoms with van der Waals surface area (Å²) >= 11 is 1.50. The second kappa shape index (κ2) is 49.9. The molecule has 0 aromatic heterocycles. The van der Waals surface area contributed by atoms with Crippen LogP contribution in [-0.4, -0.2) is 19.0 Å². The minimum absolute atomic E-state index is 0.584. The van der Waals surface area contributed by atoms with Crippen LogP contribution in [0.15, 0.2) is 0 Å². The van der Waals surface area contributed by atoms with Gasteiger partial charge in [0, 0.05) is 5.75 Å². The molecule has 0 fully saturated rings. The molecule has 0 spiro atoms. The Morgan fingerprint density at radius 1 is 0.268 bits per heavy atom. The van der Waals surface area contributed by atoms with Crippen LogP contribution in [0, 0.1) is 0 Å². The molecule has 0 aromatic rings. The summed E-state index contributed by atoms with van der Waals surface area (Å²) in [6, 6.07) is 0. The molecule has 0 saturated heterocycles. The smallest absolute Gasteiger partial charge is 0.301 e. The highest BCUT2D eigenvalue weighted by Crippen LogP contribution is 2.61. The van der Waals surface area contributed by atoms with Crippen molar-refractivity contribution in [3.8, 4) is 0 Å². The van der Waals surface area contributed by atoms with E-state index in [1.54, 1.807) is 0 Å². The molecule has 0 saturated carbocycles. The highest BCUT2D eigenvalue weighted by Gasteiger charge is 2.25. The van der Waals surface area contributed by atoms with Crippen LogP contribution < -0.4 is 0 Å². The summed E-state index contributed by atoms with van der Waals surface area (Å²) in [5.41, 5.74) is 0. The lowest BCUT2D eigenvalue weighted by atomic mass is 10.0. The zero-order chi connectivity index (χ0) is 40.6. The van der Waals surface area contributed by atoms with Crippen molar-refractivity contribution in [2.75, 3.05) is 19.0 Å². The molecule has 0 aromatic carbocycles. The summed E-state index contributed by atoms with van der Waals surface area (Å²) < 4.78 is 26.0. The molecule has 0 N–H and O–H groups in total. The first-order chi connectivity index (χ1) is 27.7. The number of hydrogen-bond donors (Lipinski definition) is 0. The molecule has 0 bridgehead atoms. The van der Waals surface area contributed by atoms with Crippen molar-refractivity contribution in [3.05, 3.63) is 0 Å². The average Bonchev–Trinajstić information content (AvgIpc) is 3.20. The van der Waals surface area contributed by atoms with Gasteiger partial charge in [0.25, 0.3) is 0 Å². The van der Waals surface area contributed by atoms with Gasteiger partial charge < -0.3 is 9.05 Å². The first kappa shape index (κ1) is 56.5. The van der Waals surface area contributed by atoms with Gasteiger partial charge in [-0.05, 0) is 30.6 Å². The van der Waals surface area contributed by atoms with E-state index in [-0.39, 0.29) is 0 Å². The van der Waals surface area contributed by atoms with Crippen molar-refractivity contribution in [3.63, 3.8) is 0 Å². The van der Waals surface area contributed by atoms with Crippen molar-refractivity contribution < 1.29 is 13.6 Å². The Morgan fingerprint density at radius 3 is 0.661 bits per heavy atom. The maximum absolute atomic E-state index is 13.8. The molecule has 3 nitrogen and oxygen atoms in total. The third-order valence-electron chi connectivity index (χ3n) is 12.0. The quantitative estimate of drug-likeness (QED) is 0.0452. The van der Waals surface area contributed by atoms with E-state index in [0.717, 1.165) is 25.0 Å². The van der Waals surface area contributed by atoms with E-state index in [1.807, 2.05) is 0 Å². The van der Waals surface area contributed by atoms with Gasteiger partial charge in [0.1, 0.15) is 0 Å². The highest BCUT2D eigenvalue weighted by molar-refractivity contribution is 8.55. The van der Waals surface area contributed by atoms with E-state index >= 15 is 0 Å². The summed E-state index contributed by atoms with van der Waals surface area (Å²) in [6.07, 6.45) is 61.3. The van der Waals surface area contributed by atoms with Gasteiger partial charge in [-0.3, -0.25) is 0 Å². The third kappa shape index (κ3) is 47.2. The molecule has 0 unspecified atom stereocenters. The Morgan fingerprint density at radius 2 is 0.446 bits per heavy atom. The van der Waals surface area contributed by atoms with Gasteiger partial charge in [0.15, 0.2) is 0 Å². The fourth-order valence-electron chi connectivity index (χ4n) is 8.06. The van der Waals surface area contributed by atoms with Crippen molar-refractivity contribution in [2.45, 2.75) is 310 Å². The van der Waals surface area contributed by atoms with Gasteiger partial charge in [-0.25, -0.2) is 4.57 Å². The van der Waals surface area contributed by atoms with E-state index in [2.05, 4.69) is 20.8 Å². The van der Waals surface area contributed by atoms with Gasteiger partial charge in [0.2, 0.25) is 0 Å². The third-order valence-corrected chi connectivity index (χ3v) is 15.9. The molecular weight excluding hydrogens is 724 g/mol. The molecule has 5 heteroatoms. The molecule has 0 amide bonds. The van der Waals surface area contributed by atoms with E-state index in [4.69, 9.17) is 9.05 Å². The lowest BCUT2D eigenvalue weighted by Gasteiger charge is -2.18. The van der Waals surface area contributed by atoms with Gasteiger partial charge in [-0.15, -0.1) is 0 Å². The van der Waals surface area contributed by atoms with Crippen LogP contribution >= 0.6 is 18.2 Å². The van der Waals surface area contributed by atoms with Crippen LogP contribution in [0.3, 0.4) is 0 Å². The second-order valence-electron chi connectivity index (χ2n) is 17.8. The maximum atomic E-state index is 13.8. The van der Waals surface area contributed by atoms with Gasteiger partial charge >= 0.3 is 6.80 Å². The fraction of sp³-hybridized carbons (Fsp3) is 1.00. The highest BCUT2D eigenvalue weighted by atomic mass is 32.7. The Hall–Kier alpha value is 0.500. The summed E-state index contributed by atoms with van der Waals surface area (Å²) in [5, 5.41) is 0. The minimum atomic E-state index is -3.07. The first-order valence-electron chi connectivity index (χ1n) is 26.2. The fourth-order valence-corrected chi connectivity index (χ4v) is 11.5. The normalized spacial score (nSPS) is 12.0. The van der Waals surface area contributed by atoms with Crippen LogP contribution in [0.5, 0.6) is 0 Å². The zero-order valence-electron chi connectivity index (χ0n) is 39.0. The van der Waals surface area contributed by atoms with Crippen LogP contribution in [0.2, 0.25) is 0 Å². The maximum Gasteiger partial charge on any atom is 0.389 e. The van der Waals surface area contributed by atoms with E-state index in [0.29, 0.717) is 13.2 Å². The van der Waals surface area contributed by atoms with E-state index in [1.165, 1.54) is 281 Å². The SMILES string of the molecule is CCCCCCCCCCCCCCCCCOP(=O)(OCCCCCCCCCCCCCCCCC)SCCCCCCCCCCCCCCCCC. The molecule has 0 aliphatic rings. The molecule has 0 aliphatic carbocycles. The molecule has 56 heavy (non-hydrogen) atoms. The Labute approximate surface area is 359 Å². The number of rotatable bonds is 51. The largest absolute Gasteiger partial charge is 0.389 e. The van der Waals surface area contributed by atoms with E-state index in [9.17, 15) is 4.57 Å². The second-order valence-corrected chi connectivity index (χ2v) is 22.0. The van der Waals surface area contributed by atoms with Crippen molar-refractivity contribution in [1.29, 1.82) is 0 Å². The van der Waals surface area contributed by atoms with E-state index < -0.39 is 6.80 Å². The number of hydrogen-bond acceptors (Lipinski definition) is 4. The topological polar surface area (TPSA) is 35.5 Å². The molecular formula is C51H105O3PS. The summed E-state index contributed by atoms with van der Waals surface area (Å²) in [5.74, 6) is 0.896. The van der Waals surface area contributed by atoms with Crippen molar-refractivity contribution >= 4 is 18.2 Å². The summed E-state index contributed by atoms with van der Waals surface area (Å²) in [4.78, 5) is 0. The lowest BCUT2D eigenvalue weighted by molar-refractivity contribution is 0.212. The number of unbranched alkanes of at least 4 members (excludes halogenated alkanes) is 42. The predicted octanol–water partition coefficient (Wildman–Crippen LogP) is 20.5. The Balaban J connectivity index is 4.08. The molecule has 0 heterocycles. The Bertz CT molecular complexity index is 654. The predicted molar refractivity (Wildman–Crippen MR) is 257 cm³/mol. The standard InChI is InChI=1S/C51H105O3PS/c1-4-7-10-13-16-19-22-25-28-31-34-37-40-43-46-49-53-55(52,54-50-47-44-41-38-35-32-29-26-23-20-17-14-11-8-5-2)56-51-48-45-42-39-36-33-30-27-24-21-18-15-12-9-6-3/h4-51H2,1-3H3. The van der Waals surface area contributed by atoms with Crippen molar-refractivity contribution in [2.24, 2.45) is 0 Å². The van der Waals surface area contributed by atoms with Gasteiger partial charge in [-0.2, -0.15) is 0 Å². The van der Waals surface area contributed by atoms with Crippen LogP contribution in [0.1, 0.15) is 310 Å². The van der Waals surface area contributed by atoms with Gasteiger partial charge in [0.05, 0.1) is 13.2 Å². The molecule has 338 valence electrons. The summed E-state index contributed by atoms with van der Waals surface area (Å²) in [7, 11) is 0. The zero-order valence-corrected chi connectivity index (χ0v) is 40.7. The minimum Gasteiger partial charge on any atom is -0.301 e. The monoisotopic (exact) mass is 829 g/mol. The molecule has 0 atom stereocenters. The molecule has 0 radical (unpaired) electrons.